The van der Waals surface area contributed by atoms with Gasteiger partial charge >= 0.3 is 0 Å². The van der Waals surface area contributed by atoms with Crippen molar-refractivity contribution >= 4 is 17.5 Å². The summed E-state index contributed by atoms with van der Waals surface area (Å²) in [4.78, 5) is 14.1. The van der Waals surface area contributed by atoms with Gasteiger partial charge in [-0.25, -0.2) is 0 Å². The molecule has 1 aromatic carbocycles. The summed E-state index contributed by atoms with van der Waals surface area (Å²) in [6, 6.07) is 7.63. The summed E-state index contributed by atoms with van der Waals surface area (Å²) < 4.78 is 5.53. The van der Waals surface area contributed by atoms with Crippen molar-refractivity contribution in [3.05, 3.63) is 29.3 Å². The highest BCUT2D eigenvalue weighted by Gasteiger charge is 2.19. The lowest BCUT2D eigenvalue weighted by atomic mass is 10.2. The number of benzene rings is 1. The zero-order chi connectivity index (χ0) is 15.1. The molecule has 0 aromatic heterocycles. The molecular formula is C15H22ClN3O2. The molecule has 0 saturated carbocycles. The van der Waals surface area contributed by atoms with Crippen LogP contribution in [-0.4, -0.2) is 56.2 Å². The predicted molar refractivity (Wildman–Crippen MR) is 83.9 cm³/mol. The van der Waals surface area contributed by atoms with E-state index in [0.717, 1.165) is 19.6 Å². The smallest absolute Gasteiger partial charge is 0.234 e. The molecule has 1 saturated heterocycles. The second-order valence-electron chi connectivity index (χ2n) is 5.18. The van der Waals surface area contributed by atoms with Crippen molar-refractivity contribution in [3.8, 4) is 5.75 Å². The summed E-state index contributed by atoms with van der Waals surface area (Å²) in [6.07, 6.45) is 0. The fraction of sp³-hybridized carbons (Fsp3) is 0.533. The standard InChI is InChI=1S/C15H22ClN3O2/c1-12-10-17-5-7-19(12)11-15(20)18-6-8-21-14-4-2-3-13(16)9-14/h2-4,9,12,17H,5-8,10-11H2,1H3,(H,18,20)/t12-/m1/s1. The van der Waals surface area contributed by atoms with Crippen molar-refractivity contribution in [1.29, 1.82) is 0 Å². The molecule has 1 atom stereocenters. The van der Waals surface area contributed by atoms with Gasteiger partial charge in [0.15, 0.2) is 0 Å². The zero-order valence-corrected chi connectivity index (χ0v) is 13.0. The lowest BCUT2D eigenvalue weighted by Crippen LogP contribution is -2.52. The van der Waals surface area contributed by atoms with Crippen LogP contribution in [0.1, 0.15) is 6.92 Å². The van der Waals surface area contributed by atoms with Gasteiger partial charge in [0.05, 0.1) is 13.1 Å². The normalized spacial score (nSPS) is 19.2. The van der Waals surface area contributed by atoms with Gasteiger partial charge in [-0.15, -0.1) is 0 Å². The SMILES string of the molecule is C[C@@H]1CNCCN1CC(=O)NCCOc1cccc(Cl)c1. The van der Waals surface area contributed by atoms with Gasteiger partial charge in [0, 0.05) is 30.7 Å². The average Bonchev–Trinajstić information content (AvgIpc) is 2.46. The highest BCUT2D eigenvalue weighted by atomic mass is 35.5. The Morgan fingerprint density at radius 2 is 2.43 bits per heavy atom. The molecule has 5 nitrogen and oxygen atoms in total. The fourth-order valence-corrected chi connectivity index (χ4v) is 2.45. The van der Waals surface area contributed by atoms with E-state index in [1.165, 1.54) is 0 Å². The van der Waals surface area contributed by atoms with Gasteiger partial charge in [0.1, 0.15) is 12.4 Å². The highest BCUT2D eigenvalue weighted by molar-refractivity contribution is 6.30. The van der Waals surface area contributed by atoms with Crippen molar-refractivity contribution < 1.29 is 9.53 Å². The van der Waals surface area contributed by atoms with Gasteiger partial charge in [-0.05, 0) is 25.1 Å². The Morgan fingerprint density at radius 1 is 1.57 bits per heavy atom. The molecular weight excluding hydrogens is 290 g/mol. The minimum Gasteiger partial charge on any atom is -0.492 e. The van der Waals surface area contributed by atoms with Crippen molar-refractivity contribution in [2.24, 2.45) is 0 Å². The molecule has 0 unspecified atom stereocenters. The fourth-order valence-electron chi connectivity index (χ4n) is 2.27. The molecule has 2 N–H and O–H groups in total. The number of nitrogens with one attached hydrogen (secondary N) is 2. The summed E-state index contributed by atoms with van der Waals surface area (Å²) in [5.74, 6) is 0.755. The number of rotatable bonds is 6. The van der Waals surface area contributed by atoms with Crippen LogP contribution in [0.3, 0.4) is 0 Å². The maximum absolute atomic E-state index is 11.9. The lowest BCUT2D eigenvalue weighted by molar-refractivity contribution is -0.123. The average molecular weight is 312 g/mol. The van der Waals surface area contributed by atoms with Crippen LogP contribution >= 0.6 is 11.6 Å². The van der Waals surface area contributed by atoms with E-state index >= 15 is 0 Å². The zero-order valence-electron chi connectivity index (χ0n) is 12.3. The van der Waals surface area contributed by atoms with E-state index in [1.54, 1.807) is 12.1 Å². The first-order valence-electron chi connectivity index (χ1n) is 7.25. The molecule has 2 rings (SSSR count). The Balaban J connectivity index is 1.63. The van der Waals surface area contributed by atoms with Crippen molar-refractivity contribution in [3.63, 3.8) is 0 Å². The number of hydrogen-bond acceptors (Lipinski definition) is 4. The summed E-state index contributed by atoms with van der Waals surface area (Å²) in [7, 11) is 0. The van der Waals surface area contributed by atoms with Crippen LogP contribution in [0.15, 0.2) is 24.3 Å². The van der Waals surface area contributed by atoms with Gasteiger partial charge < -0.3 is 15.4 Å². The van der Waals surface area contributed by atoms with Crippen molar-refractivity contribution in [2.75, 3.05) is 39.3 Å². The van der Waals surface area contributed by atoms with E-state index in [-0.39, 0.29) is 5.91 Å². The molecule has 0 radical (unpaired) electrons. The third-order valence-corrected chi connectivity index (χ3v) is 3.71. The molecule has 1 heterocycles. The minimum absolute atomic E-state index is 0.0402. The van der Waals surface area contributed by atoms with Crippen LogP contribution in [0.5, 0.6) is 5.75 Å². The van der Waals surface area contributed by atoms with E-state index in [9.17, 15) is 4.79 Å². The van der Waals surface area contributed by atoms with Crippen molar-refractivity contribution in [2.45, 2.75) is 13.0 Å². The Hall–Kier alpha value is -1.30. The Morgan fingerprint density at radius 3 is 3.19 bits per heavy atom. The van der Waals surface area contributed by atoms with E-state index in [2.05, 4.69) is 22.5 Å². The predicted octanol–water partition coefficient (Wildman–Crippen LogP) is 1.13. The molecule has 0 spiro atoms. The third kappa shape index (κ3) is 5.53. The second kappa shape index (κ2) is 8.22. The first-order valence-corrected chi connectivity index (χ1v) is 7.63. The van der Waals surface area contributed by atoms with Gasteiger partial charge in [-0.1, -0.05) is 17.7 Å². The highest BCUT2D eigenvalue weighted by Crippen LogP contribution is 2.16. The summed E-state index contributed by atoms with van der Waals surface area (Å²) in [6.45, 7) is 6.28. The van der Waals surface area contributed by atoms with Gasteiger partial charge in [-0.2, -0.15) is 0 Å². The molecule has 21 heavy (non-hydrogen) atoms. The number of hydrogen-bond donors (Lipinski definition) is 2. The molecule has 1 aromatic rings. The number of carbonyl (C=O) groups is 1. The molecule has 1 amide bonds. The number of ether oxygens (including phenoxy) is 1. The lowest BCUT2D eigenvalue weighted by Gasteiger charge is -2.33. The molecule has 0 aliphatic carbocycles. The van der Waals surface area contributed by atoms with Crippen LogP contribution in [0.4, 0.5) is 0 Å². The van der Waals surface area contributed by atoms with Gasteiger partial charge in [0.2, 0.25) is 5.91 Å². The Labute approximate surface area is 130 Å². The molecule has 116 valence electrons. The van der Waals surface area contributed by atoms with Gasteiger partial charge in [-0.3, -0.25) is 9.69 Å². The van der Waals surface area contributed by atoms with Crippen LogP contribution in [0, 0.1) is 0 Å². The molecule has 6 heteroatoms. The molecule has 0 bridgehead atoms. The van der Waals surface area contributed by atoms with E-state index in [0.29, 0.717) is 36.5 Å². The topological polar surface area (TPSA) is 53.6 Å². The van der Waals surface area contributed by atoms with Crippen LogP contribution in [0.25, 0.3) is 0 Å². The maximum Gasteiger partial charge on any atom is 0.234 e. The quantitative estimate of drug-likeness (QED) is 0.773. The third-order valence-electron chi connectivity index (χ3n) is 3.47. The van der Waals surface area contributed by atoms with Crippen LogP contribution < -0.4 is 15.4 Å². The van der Waals surface area contributed by atoms with E-state index < -0.39 is 0 Å². The monoisotopic (exact) mass is 311 g/mol. The summed E-state index contributed by atoms with van der Waals surface area (Å²) >= 11 is 5.87. The Kier molecular flexibility index (Phi) is 6.29. The first kappa shape index (κ1) is 16.1. The van der Waals surface area contributed by atoms with Crippen LogP contribution in [0.2, 0.25) is 5.02 Å². The second-order valence-corrected chi connectivity index (χ2v) is 5.62. The first-order chi connectivity index (χ1) is 10.1. The Bertz CT molecular complexity index is 470. The molecule has 1 aliphatic heterocycles. The number of halogens is 1. The summed E-state index contributed by atoms with van der Waals surface area (Å²) in [5.41, 5.74) is 0. The van der Waals surface area contributed by atoms with Crippen LogP contribution in [-0.2, 0) is 4.79 Å². The number of piperazine rings is 1. The maximum atomic E-state index is 11.9. The number of amides is 1. The van der Waals surface area contributed by atoms with E-state index in [1.807, 2.05) is 12.1 Å². The molecule has 1 aliphatic rings. The number of carbonyl (C=O) groups excluding carboxylic acids is 1. The van der Waals surface area contributed by atoms with E-state index in [4.69, 9.17) is 16.3 Å². The van der Waals surface area contributed by atoms with Gasteiger partial charge in [0.25, 0.3) is 0 Å². The largest absolute Gasteiger partial charge is 0.492 e. The molecule has 1 fully saturated rings. The minimum atomic E-state index is 0.0402. The summed E-state index contributed by atoms with van der Waals surface area (Å²) in [5, 5.41) is 6.83. The van der Waals surface area contributed by atoms with Crippen molar-refractivity contribution in [1.82, 2.24) is 15.5 Å². The number of nitrogens with zero attached hydrogens (tertiary/aromatic N) is 1.